The zero-order chi connectivity index (χ0) is 13.1. The Hall–Kier alpha value is -2.20. The first-order valence-electron chi connectivity index (χ1n) is 5.73. The Morgan fingerprint density at radius 1 is 1.61 bits per heavy atom. The van der Waals surface area contributed by atoms with Gasteiger partial charge in [0.1, 0.15) is 5.75 Å². The highest BCUT2D eigenvalue weighted by Crippen LogP contribution is 2.34. The van der Waals surface area contributed by atoms with E-state index in [0.29, 0.717) is 25.2 Å². The Morgan fingerprint density at radius 2 is 2.39 bits per heavy atom. The summed E-state index contributed by atoms with van der Waals surface area (Å²) in [6.45, 7) is 2.58. The summed E-state index contributed by atoms with van der Waals surface area (Å²) in [6.07, 6.45) is 0.354. The molecule has 1 amide bonds. The van der Waals surface area contributed by atoms with Crippen molar-refractivity contribution in [2.75, 3.05) is 18.0 Å². The van der Waals surface area contributed by atoms with Crippen LogP contribution in [0.15, 0.2) is 23.3 Å². The minimum Gasteiger partial charge on any atom is -0.505 e. The summed E-state index contributed by atoms with van der Waals surface area (Å²) in [5.41, 5.74) is 9.54. The molecule has 1 aromatic rings. The van der Waals surface area contributed by atoms with Crippen LogP contribution in [0.3, 0.4) is 0 Å². The van der Waals surface area contributed by atoms with Crippen LogP contribution in [0.4, 0.5) is 5.69 Å². The van der Waals surface area contributed by atoms with Crippen LogP contribution in [0.25, 0.3) is 10.4 Å². The Kier molecular flexibility index (Phi) is 3.39. The third kappa shape index (κ3) is 2.24. The molecule has 94 valence electrons. The van der Waals surface area contributed by atoms with Gasteiger partial charge >= 0.3 is 0 Å². The Bertz CT molecular complexity index is 523. The van der Waals surface area contributed by atoms with E-state index in [0.717, 1.165) is 5.56 Å². The number of nitrogens with zero attached hydrogens (tertiary/aromatic N) is 4. The van der Waals surface area contributed by atoms with Gasteiger partial charge < -0.3 is 10.0 Å². The number of carbonyl (C=O) groups excluding carboxylic acids is 1. The van der Waals surface area contributed by atoms with Gasteiger partial charge in [0.15, 0.2) is 0 Å². The van der Waals surface area contributed by atoms with E-state index in [4.69, 9.17) is 5.53 Å². The van der Waals surface area contributed by atoms with Crippen molar-refractivity contribution >= 4 is 11.6 Å². The highest BCUT2D eigenvalue weighted by Gasteiger charge is 2.31. The number of benzene rings is 1. The zero-order valence-corrected chi connectivity index (χ0v) is 10.1. The number of aromatic hydroxyl groups is 1. The maximum absolute atomic E-state index is 11.9. The molecule has 18 heavy (non-hydrogen) atoms. The van der Waals surface area contributed by atoms with E-state index in [9.17, 15) is 9.90 Å². The van der Waals surface area contributed by atoms with E-state index in [2.05, 4.69) is 10.0 Å². The average Bonchev–Trinajstić information content (AvgIpc) is 2.71. The van der Waals surface area contributed by atoms with Gasteiger partial charge in [0.25, 0.3) is 0 Å². The van der Waals surface area contributed by atoms with Crippen LogP contribution in [-0.4, -0.2) is 24.1 Å². The number of carbonyl (C=O) groups is 1. The quantitative estimate of drug-likeness (QED) is 0.504. The van der Waals surface area contributed by atoms with Crippen LogP contribution in [0.5, 0.6) is 5.75 Å². The van der Waals surface area contributed by atoms with Crippen molar-refractivity contribution in [3.8, 4) is 5.75 Å². The van der Waals surface area contributed by atoms with Crippen LogP contribution in [0.2, 0.25) is 0 Å². The molecule has 1 aromatic carbocycles. The third-order valence-electron chi connectivity index (χ3n) is 3.12. The maximum atomic E-state index is 11.9. The second kappa shape index (κ2) is 4.98. The monoisotopic (exact) mass is 246 g/mol. The summed E-state index contributed by atoms with van der Waals surface area (Å²) < 4.78 is 0. The van der Waals surface area contributed by atoms with Gasteiger partial charge in [0, 0.05) is 24.4 Å². The molecule has 1 unspecified atom stereocenters. The average molecular weight is 246 g/mol. The summed E-state index contributed by atoms with van der Waals surface area (Å²) in [6, 6.07) is 5.31. The lowest BCUT2D eigenvalue weighted by Crippen LogP contribution is -2.24. The van der Waals surface area contributed by atoms with Crippen molar-refractivity contribution in [2.45, 2.75) is 13.3 Å². The van der Waals surface area contributed by atoms with E-state index < -0.39 is 0 Å². The molecule has 1 aliphatic heterocycles. The van der Waals surface area contributed by atoms with Crippen molar-refractivity contribution in [2.24, 2.45) is 11.0 Å². The minimum absolute atomic E-state index is 0.0216. The van der Waals surface area contributed by atoms with Crippen LogP contribution < -0.4 is 4.90 Å². The number of para-hydroxylation sites is 1. The SMILES string of the molecule is Cc1cccc(N2CC(CN=[N+]=[N-])CC2=O)c1O. The Balaban J connectivity index is 2.21. The molecule has 0 radical (unpaired) electrons. The van der Waals surface area contributed by atoms with Crippen molar-refractivity contribution in [1.29, 1.82) is 0 Å². The second-order valence-corrected chi connectivity index (χ2v) is 4.43. The highest BCUT2D eigenvalue weighted by atomic mass is 16.3. The number of hydrogen-bond donors (Lipinski definition) is 1. The van der Waals surface area contributed by atoms with Gasteiger partial charge in [-0.15, -0.1) is 0 Å². The molecule has 1 saturated heterocycles. The molecule has 0 bridgehead atoms. The Morgan fingerprint density at radius 3 is 3.11 bits per heavy atom. The van der Waals surface area contributed by atoms with E-state index in [1.165, 1.54) is 0 Å². The molecular weight excluding hydrogens is 232 g/mol. The lowest BCUT2D eigenvalue weighted by molar-refractivity contribution is -0.117. The van der Waals surface area contributed by atoms with Crippen molar-refractivity contribution in [1.82, 2.24) is 0 Å². The van der Waals surface area contributed by atoms with E-state index in [-0.39, 0.29) is 17.6 Å². The molecular formula is C12H14N4O2. The minimum atomic E-state index is -0.0472. The van der Waals surface area contributed by atoms with E-state index in [1.807, 2.05) is 0 Å². The fourth-order valence-corrected chi connectivity index (χ4v) is 2.15. The van der Waals surface area contributed by atoms with Crippen LogP contribution >= 0.6 is 0 Å². The molecule has 6 heteroatoms. The van der Waals surface area contributed by atoms with Gasteiger partial charge in [-0.2, -0.15) is 0 Å². The topological polar surface area (TPSA) is 89.3 Å². The highest BCUT2D eigenvalue weighted by molar-refractivity contribution is 5.97. The molecule has 0 aliphatic carbocycles. The number of phenolic OH excluding ortho intramolecular Hbond substituents is 1. The van der Waals surface area contributed by atoms with Gasteiger partial charge in [0.2, 0.25) is 5.91 Å². The predicted octanol–water partition coefficient (Wildman–Crippen LogP) is 2.36. The predicted molar refractivity (Wildman–Crippen MR) is 67.3 cm³/mol. The van der Waals surface area contributed by atoms with E-state index in [1.54, 1.807) is 30.0 Å². The molecule has 0 spiro atoms. The number of azide groups is 1. The first-order valence-corrected chi connectivity index (χ1v) is 5.73. The summed E-state index contributed by atoms with van der Waals surface area (Å²) in [4.78, 5) is 16.1. The third-order valence-corrected chi connectivity index (χ3v) is 3.12. The molecule has 0 aromatic heterocycles. The molecule has 1 fully saturated rings. The molecule has 2 rings (SSSR count). The second-order valence-electron chi connectivity index (χ2n) is 4.43. The maximum Gasteiger partial charge on any atom is 0.227 e. The smallest absolute Gasteiger partial charge is 0.227 e. The normalized spacial score (nSPS) is 18.8. The molecule has 1 aliphatic rings. The lowest BCUT2D eigenvalue weighted by Gasteiger charge is -2.18. The van der Waals surface area contributed by atoms with Gasteiger partial charge in [-0.3, -0.25) is 4.79 Å². The van der Waals surface area contributed by atoms with Gasteiger partial charge in [0.05, 0.1) is 5.69 Å². The largest absolute Gasteiger partial charge is 0.505 e. The van der Waals surface area contributed by atoms with Gasteiger partial charge in [-0.05, 0) is 30.0 Å². The first-order chi connectivity index (χ1) is 8.63. The summed E-state index contributed by atoms with van der Waals surface area (Å²) in [7, 11) is 0. The number of phenols is 1. The number of anilines is 1. The number of aryl methyl sites for hydroxylation is 1. The molecule has 0 saturated carbocycles. The van der Waals surface area contributed by atoms with Crippen LogP contribution in [-0.2, 0) is 4.79 Å². The Labute approximate surface area is 104 Å². The number of rotatable bonds is 3. The van der Waals surface area contributed by atoms with E-state index >= 15 is 0 Å². The molecule has 6 nitrogen and oxygen atoms in total. The lowest BCUT2D eigenvalue weighted by atomic mass is 10.1. The van der Waals surface area contributed by atoms with Crippen LogP contribution in [0.1, 0.15) is 12.0 Å². The number of hydrogen-bond acceptors (Lipinski definition) is 3. The van der Waals surface area contributed by atoms with Crippen LogP contribution in [0, 0.1) is 12.8 Å². The van der Waals surface area contributed by atoms with Crippen molar-refractivity contribution in [3.63, 3.8) is 0 Å². The van der Waals surface area contributed by atoms with Gasteiger partial charge in [-0.25, -0.2) is 0 Å². The summed E-state index contributed by atoms with van der Waals surface area (Å²) >= 11 is 0. The summed E-state index contributed by atoms with van der Waals surface area (Å²) in [5.74, 6) is 0.109. The van der Waals surface area contributed by atoms with Crippen molar-refractivity contribution in [3.05, 3.63) is 34.2 Å². The summed E-state index contributed by atoms with van der Waals surface area (Å²) in [5, 5.41) is 13.5. The number of amides is 1. The zero-order valence-electron chi connectivity index (χ0n) is 10.1. The molecule has 1 atom stereocenters. The van der Waals surface area contributed by atoms with Gasteiger partial charge in [-0.1, -0.05) is 17.2 Å². The first kappa shape index (κ1) is 12.3. The fourth-order valence-electron chi connectivity index (χ4n) is 2.15. The fraction of sp³-hybridized carbons (Fsp3) is 0.417. The molecule has 1 heterocycles. The van der Waals surface area contributed by atoms with Crippen molar-refractivity contribution < 1.29 is 9.90 Å². The standard InChI is InChI=1S/C12H14N4O2/c1-8-3-2-4-10(12(8)18)16-7-9(5-11(16)17)6-14-15-13/h2-4,9,18H,5-7H2,1H3. The molecule has 1 N–H and O–H groups in total.